The number of aromatic nitrogens is 3. The van der Waals surface area contributed by atoms with Crippen LogP contribution in [0.1, 0.15) is 18.4 Å². The summed E-state index contributed by atoms with van der Waals surface area (Å²) in [5.41, 5.74) is 1.38. The molecular formula is C18H19N5O2S. The monoisotopic (exact) mass is 369 g/mol. The molecule has 3 aromatic rings. The molecule has 1 amide bonds. The van der Waals surface area contributed by atoms with Gasteiger partial charge in [-0.2, -0.15) is 4.98 Å². The van der Waals surface area contributed by atoms with Crippen molar-refractivity contribution in [1.82, 2.24) is 20.3 Å². The standard InChI is InChI=1S/C18H19N5O2S/c24-16(19-9-12-5-2-1-3-6-12)13-7-4-8-23(10-13)18-22-15-14(26-18)17(25)21-11-20-15/h1-3,5-6,11,13H,4,7-10H2,(H,19,24)(H,20,21,25). The number of fused-ring (bicyclic) bond motifs is 1. The number of amides is 1. The van der Waals surface area contributed by atoms with Crippen molar-refractivity contribution in [3.8, 4) is 0 Å². The molecule has 1 unspecified atom stereocenters. The van der Waals surface area contributed by atoms with Gasteiger partial charge in [0, 0.05) is 19.6 Å². The van der Waals surface area contributed by atoms with Gasteiger partial charge in [-0.25, -0.2) is 4.98 Å². The number of rotatable bonds is 4. The van der Waals surface area contributed by atoms with Gasteiger partial charge in [-0.15, -0.1) is 0 Å². The van der Waals surface area contributed by atoms with Gasteiger partial charge in [-0.05, 0) is 18.4 Å². The molecule has 134 valence electrons. The van der Waals surface area contributed by atoms with Crippen molar-refractivity contribution < 1.29 is 4.79 Å². The number of anilines is 1. The third kappa shape index (κ3) is 3.45. The van der Waals surface area contributed by atoms with E-state index in [0.29, 0.717) is 23.4 Å². The van der Waals surface area contributed by atoms with Crippen molar-refractivity contribution in [3.05, 3.63) is 52.6 Å². The Balaban J connectivity index is 1.44. The Labute approximate surface area is 154 Å². The third-order valence-electron chi connectivity index (χ3n) is 4.56. The Kier molecular flexibility index (Phi) is 4.66. The lowest BCUT2D eigenvalue weighted by atomic mass is 9.97. The Hall–Kier alpha value is -2.74. The van der Waals surface area contributed by atoms with Gasteiger partial charge in [0.25, 0.3) is 5.56 Å². The highest BCUT2D eigenvalue weighted by atomic mass is 32.1. The average Bonchev–Trinajstić information content (AvgIpc) is 3.13. The molecule has 0 bridgehead atoms. The van der Waals surface area contributed by atoms with Crippen LogP contribution in [0.15, 0.2) is 41.5 Å². The number of thiazole rings is 1. The van der Waals surface area contributed by atoms with E-state index in [1.807, 2.05) is 30.3 Å². The van der Waals surface area contributed by atoms with Gasteiger partial charge in [-0.3, -0.25) is 9.59 Å². The molecule has 0 spiro atoms. The summed E-state index contributed by atoms with van der Waals surface area (Å²) in [4.78, 5) is 37.6. The second kappa shape index (κ2) is 7.25. The summed E-state index contributed by atoms with van der Waals surface area (Å²) in [6.45, 7) is 1.98. The van der Waals surface area contributed by atoms with Crippen molar-refractivity contribution in [1.29, 1.82) is 0 Å². The molecule has 1 aromatic carbocycles. The normalized spacial score (nSPS) is 17.4. The number of benzene rings is 1. The van der Waals surface area contributed by atoms with Gasteiger partial charge in [0.15, 0.2) is 10.8 Å². The smallest absolute Gasteiger partial charge is 0.270 e. The van der Waals surface area contributed by atoms with Crippen LogP contribution >= 0.6 is 11.3 Å². The SMILES string of the molecule is O=C(NCc1ccccc1)C1CCCN(c2nc3nc[nH]c(=O)c3s2)C1. The molecule has 2 aromatic heterocycles. The van der Waals surface area contributed by atoms with E-state index in [1.54, 1.807) is 0 Å². The molecule has 7 nitrogen and oxygen atoms in total. The summed E-state index contributed by atoms with van der Waals surface area (Å²) in [7, 11) is 0. The highest BCUT2D eigenvalue weighted by molar-refractivity contribution is 7.22. The number of H-pyrrole nitrogens is 1. The lowest BCUT2D eigenvalue weighted by Crippen LogP contribution is -2.42. The number of hydrogen-bond donors (Lipinski definition) is 2. The third-order valence-corrected chi connectivity index (χ3v) is 5.66. The second-order valence-corrected chi connectivity index (χ2v) is 7.35. The van der Waals surface area contributed by atoms with E-state index < -0.39 is 0 Å². The van der Waals surface area contributed by atoms with Gasteiger partial charge >= 0.3 is 0 Å². The molecule has 0 radical (unpaired) electrons. The molecule has 1 fully saturated rings. The molecule has 2 N–H and O–H groups in total. The molecule has 8 heteroatoms. The Bertz CT molecular complexity index is 968. The van der Waals surface area contributed by atoms with Crippen molar-refractivity contribution in [2.24, 2.45) is 5.92 Å². The topological polar surface area (TPSA) is 91.0 Å². The fourth-order valence-corrected chi connectivity index (χ4v) is 4.13. The first-order chi connectivity index (χ1) is 12.7. The van der Waals surface area contributed by atoms with Crippen molar-refractivity contribution in [2.45, 2.75) is 19.4 Å². The number of nitrogens with zero attached hydrogens (tertiary/aromatic N) is 3. The van der Waals surface area contributed by atoms with Crippen molar-refractivity contribution >= 4 is 32.7 Å². The predicted octanol–water partition coefficient (Wildman–Crippen LogP) is 1.91. The van der Waals surface area contributed by atoms with Crippen LogP contribution in [0.2, 0.25) is 0 Å². The first kappa shape index (κ1) is 16.7. The van der Waals surface area contributed by atoms with E-state index in [9.17, 15) is 9.59 Å². The fourth-order valence-electron chi connectivity index (χ4n) is 3.18. The molecule has 3 heterocycles. The minimum Gasteiger partial charge on any atom is -0.352 e. The predicted molar refractivity (Wildman–Crippen MR) is 101 cm³/mol. The van der Waals surface area contributed by atoms with Crippen LogP contribution in [0.5, 0.6) is 0 Å². The van der Waals surface area contributed by atoms with Crippen LogP contribution in [0.25, 0.3) is 10.3 Å². The van der Waals surface area contributed by atoms with Crippen LogP contribution < -0.4 is 15.8 Å². The van der Waals surface area contributed by atoms with Crippen molar-refractivity contribution in [2.75, 3.05) is 18.0 Å². The van der Waals surface area contributed by atoms with E-state index in [-0.39, 0.29) is 17.4 Å². The number of aromatic amines is 1. The number of hydrogen-bond acceptors (Lipinski definition) is 6. The summed E-state index contributed by atoms with van der Waals surface area (Å²) in [6, 6.07) is 9.89. The van der Waals surface area contributed by atoms with E-state index in [1.165, 1.54) is 17.7 Å². The van der Waals surface area contributed by atoms with Gasteiger partial charge in [0.1, 0.15) is 4.70 Å². The first-order valence-corrected chi connectivity index (χ1v) is 9.43. The zero-order chi connectivity index (χ0) is 17.9. The Morgan fingerprint density at radius 3 is 3.00 bits per heavy atom. The molecule has 26 heavy (non-hydrogen) atoms. The Morgan fingerprint density at radius 1 is 1.35 bits per heavy atom. The molecule has 0 aliphatic carbocycles. The quantitative estimate of drug-likeness (QED) is 0.733. The van der Waals surface area contributed by atoms with Crippen LogP contribution in [0.4, 0.5) is 5.13 Å². The molecule has 1 saturated heterocycles. The summed E-state index contributed by atoms with van der Waals surface area (Å²) in [6.07, 6.45) is 3.15. The molecule has 1 aliphatic heterocycles. The zero-order valence-electron chi connectivity index (χ0n) is 14.1. The van der Waals surface area contributed by atoms with Crippen LogP contribution in [0.3, 0.4) is 0 Å². The molecule has 0 saturated carbocycles. The fraction of sp³-hybridized carbons (Fsp3) is 0.333. The van der Waals surface area contributed by atoms with Crippen LogP contribution in [-0.4, -0.2) is 33.9 Å². The molecular weight excluding hydrogens is 350 g/mol. The van der Waals surface area contributed by atoms with E-state index in [4.69, 9.17) is 0 Å². The van der Waals surface area contributed by atoms with Gasteiger partial charge in [0.05, 0.1) is 12.2 Å². The minimum atomic E-state index is -0.173. The maximum absolute atomic E-state index is 12.6. The molecule has 1 aliphatic rings. The van der Waals surface area contributed by atoms with E-state index in [0.717, 1.165) is 30.1 Å². The van der Waals surface area contributed by atoms with Gasteiger partial charge < -0.3 is 15.2 Å². The average molecular weight is 369 g/mol. The lowest BCUT2D eigenvalue weighted by molar-refractivity contribution is -0.125. The van der Waals surface area contributed by atoms with Gasteiger partial charge in [0.2, 0.25) is 5.91 Å². The second-order valence-electron chi connectivity index (χ2n) is 6.37. The van der Waals surface area contributed by atoms with Crippen LogP contribution in [0, 0.1) is 5.92 Å². The summed E-state index contributed by atoms with van der Waals surface area (Å²) in [5.74, 6) is -0.0126. The van der Waals surface area contributed by atoms with Gasteiger partial charge in [-0.1, -0.05) is 41.7 Å². The van der Waals surface area contributed by atoms with Crippen LogP contribution in [-0.2, 0) is 11.3 Å². The minimum absolute atomic E-state index is 0.0654. The first-order valence-electron chi connectivity index (χ1n) is 8.61. The number of carbonyl (C=O) groups is 1. The summed E-state index contributed by atoms with van der Waals surface area (Å²) >= 11 is 1.33. The molecule has 1 atom stereocenters. The largest absolute Gasteiger partial charge is 0.352 e. The van der Waals surface area contributed by atoms with Crippen molar-refractivity contribution in [3.63, 3.8) is 0 Å². The zero-order valence-corrected chi connectivity index (χ0v) is 15.0. The van der Waals surface area contributed by atoms with E-state index >= 15 is 0 Å². The number of nitrogens with one attached hydrogen (secondary N) is 2. The highest BCUT2D eigenvalue weighted by Crippen LogP contribution is 2.29. The summed E-state index contributed by atoms with van der Waals surface area (Å²) < 4.78 is 0.526. The molecule has 4 rings (SSSR count). The lowest BCUT2D eigenvalue weighted by Gasteiger charge is -2.31. The highest BCUT2D eigenvalue weighted by Gasteiger charge is 2.27. The Morgan fingerprint density at radius 2 is 2.19 bits per heavy atom. The maximum Gasteiger partial charge on any atom is 0.270 e. The maximum atomic E-state index is 12.6. The number of piperidine rings is 1. The number of carbonyl (C=O) groups excluding carboxylic acids is 1. The van der Waals surface area contributed by atoms with E-state index in [2.05, 4.69) is 25.2 Å². The summed E-state index contributed by atoms with van der Waals surface area (Å²) in [5, 5.41) is 3.78.